The van der Waals surface area contributed by atoms with Gasteiger partial charge in [-0.15, -0.1) is 0 Å². The summed E-state index contributed by atoms with van der Waals surface area (Å²) in [5.74, 6) is -2.05. The van der Waals surface area contributed by atoms with E-state index >= 15 is 0 Å². The molecule has 1 saturated heterocycles. The number of carbonyl (C=O) groups excluding carboxylic acids is 2. The van der Waals surface area contributed by atoms with Crippen molar-refractivity contribution in [3.8, 4) is 0 Å². The molecule has 1 aliphatic rings. The summed E-state index contributed by atoms with van der Waals surface area (Å²) >= 11 is 1.34. The highest BCUT2D eigenvalue weighted by Crippen LogP contribution is 2.22. The molecule has 0 radical (unpaired) electrons. The highest BCUT2D eigenvalue weighted by atomic mass is 32.2. The maximum atomic E-state index is 13.3. The van der Waals surface area contributed by atoms with Gasteiger partial charge in [0.25, 0.3) is 0 Å². The average molecular weight is 514 g/mol. The van der Waals surface area contributed by atoms with Crippen LogP contribution in [0.1, 0.15) is 38.7 Å². The molecule has 11 heteroatoms. The molecule has 2 amide bonds. The molecule has 190 valence electrons. The lowest BCUT2D eigenvalue weighted by molar-refractivity contribution is -0.142. The molecule has 1 aromatic carbocycles. The van der Waals surface area contributed by atoms with E-state index in [0.717, 1.165) is 5.56 Å². The van der Waals surface area contributed by atoms with Crippen molar-refractivity contribution in [2.75, 3.05) is 25.1 Å². The fourth-order valence-corrected chi connectivity index (χ4v) is 5.65. The van der Waals surface area contributed by atoms with Crippen molar-refractivity contribution >= 4 is 39.6 Å². The van der Waals surface area contributed by atoms with Crippen LogP contribution in [0.3, 0.4) is 0 Å². The molecule has 0 spiro atoms. The van der Waals surface area contributed by atoms with E-state index < -0.39 is 28.1 Å². The van der Waals surface area contributed by atoms with Crippen LogP contribution in [0.2, 0.25) is 0 Å². The number of rotatable bonds is 11. The van der Waals surface area contributed by atoms with Crippen molar-refractivity contribution in [1.82, 2.24) is 14.9 Å². The van der Waals surface area contributed by atoms with Gasteiger partial charge in [-0.1, -0.05) is 38.0 Å². The predicted octanol–water partition coefficient (Wildman–Crippen LogP) is 1.86. The number of nitrogens with zero attached hydrogens (tertiary/aromatic N) is 1. The van der Waals surface area contributed by atoms with E-state index in [4.69, 9.17) is 0 Å². The number of benzene rings is 1. The first kappa shape index (κ1) is 28.1. The maximum absolute atomic E-state index is 13.3. The third kappa shape index (κ3) is 7.44. The second-order valence-electron chi connectivity index (χ2n) is 8.75. The highest BCUT2D eigenvalue weighted by molar-refractivity contribution is 7.98. The average Bonchev–Trinajstić information content (AvgIpc) is 2.81. The summed E-state index contributed by atoms with van der Waals surface area (Å²) in [5, 5.41) is 11.8. The number of carboxylic acid groups (broad SMARTS) is 1. The van der Waals surface area contributed by atoms with Crippen molar-refractivity contribution < 1.29 is 27.9 Å². The second kappa shape index (κ2) is 12.6. The molecular weight excluding hydrogens is 478 g/mol. The molecule has 1 heterocycles. The van der Waals surface area contributed by atoms with Crippen molar-refractivity contribution in [3.05, 3.63) is 29.8 Å². The zero-order valence-corrected chi connectivity index (χ0v) is 21.7. The van der Waals surface area contributed by atoms with Crippen LogP contribution in [0, 0.1) is 18.8 Å². The van der Waals surface area contributed by atoms with Crippen LogP contribution in [-0.2, 0) is 24.4 Å². The number of likely N-dealkylation sites (tertiary alicyclic amines) is 1. The van der Waals surface area contributed by atoms with E-state index in [1.54, 1.807) is 23.3 Å². The third-order valence-corrected chi connectivity index (χ3v) is 8.34. The predicted molar refractivity (Wildman–Crippen MR) is 132 cm³/mol. The van der Waals surface area contributed by atoms with E-state index in [0.29, 0.717) is 32.4 Å². The first-order chi connectivity index (χ1) is 16.0. The summed E-state index contributed by atoms with van der Waals surface area (Å²) in [6, 6.07) is 4.58. The van der Waals surface area contributed by atoms with Gasteiger partial charge in [0.15, 0.2) is 0 Å². The van der Waals surface area contributed by atoms with Crippen molar-refractivity contribution in [2.24, 2.45) is 11.8 Å². The standard InChI is InChI=1S/C23H35N3O6S2/c1-5-16(3)20(25-34(31,32)18-8-6-15(2)7-9-18)22(28)26-12-10-17(11-13-26)21(27)24-19(14-33-4)23(29)30/h6-9,16-17,19-20,25H,5,10-14H2,1-4H3,(H,24,27)(H,29,30)/t16-,19+,20+/m1/s1. The Morgan fingerprint density at radius 2 is 1.76 bits per heavy atom. The zero-order valence-electron chi connectivity index (χ0n) is 20.1. The van der Waals surface area contributed by atoms with E-state index in [1.807, 2.05) is 20.8 Å². The SMILES string of the molecule is CC[C@@H](C)[C@H](NS(=O)(=O)c1ccc(C)cc1)C(=O)N1CCC(C(=O)N[C@@H](CSC)C(=O)O)CC1. The fraction of sp³-hybridized carbons (Fsp3) is 0.609. The molecule has 1 fully saturated rings. The molecule has 0 aromatic heterocycles. The van der Waals surface area contributed by atoms with Gasteiger partial charge in [0, 0.05) is 24.8 Å². The van der Waals surface area contributed by atoms with Gasteiger partial charge in [-0.05, 0) is 44.1 Å². The van der Waals surface area contributed by atoms with Crippen LogP contribution in [0.15, 0.2) is 29.2 Å². The summed E-state index contributed by atoms with van der Waals surface area (Å²) < 4.78 is 28.5. The first-order valence-electron chi connectivity index (χ1n) is 11.4. The topological polar surface area (TPSA) is 133 Å². The number of sulfonamides is 1. The molecule has 34 heavy (non-hydrogen) atoms. The Bertz CT molecular complexity index is 959. The maximum Gasteiger partial charge on any atom is 0.327 e. The van der Waals surface area contributed by atoms with Crippen LogP contribution in [0.5, 0.6) is 0 Å². The minimum absolute atomic E-state index is 0.104. The Hall–Kier alpha value is -2.11. The lowest BCUT2D eigenvalue weighted by Gasteiger charge is -2.35. The van der Waals surface area contributed by atoms with Crippen molar-refractivity contribution in [3.63, 3.8) is 0 Å². The number of thioether (sulfide) groups is 1. The molecule has 0 unspecified atom stereocenters. The van der Waals surface area contributed by atoms with E-state index in [1.165, 1.54) is 23.9 Å². The number of piperidine rings is 1. The minimum Gasteiger partial charge on any atom is -0.480 e. The number of nitrogens with one attached hydrogen (secondary N) is 2. The van der Waals surface area contributed by atoms with Crippen LogP contribution in [-0.4, -0.2) is 73.4 Å². The summed E-state index contributed by atoms with van der Waals surface area (Å²) in [6.45, 7) is 6.20. The van der Waals surface area contributed by atoms with Crippen LogP contribution >= 0.6 is 11.8 Å². The van der Waals surface area contributed by atoms with Crippen molar-refractivity contribution in [1.29, 1.82) is 0 Å². The fourth-order valence-electron chi connectivity index (χ4n) is 3.79. The Morgan fingerprint density at radius 1 is 1.18 bits per heavy atom. The number of hydrogen-bond donors (Lipinski definition) is 3. The molecule has 9 nitrogen and oxygen atoms in total. The summed E-state index contributed by atoms with van der Waals surface area (Å²) in [5.41, 5.74) is 0.934. The minimum atomic E-state index is -3.89. The normalized spacial score (nSPS) is 17.6. The molecule has 3 atom stereocenters. The lowest BCUT2D eigenvalue weighted by atomic mass is 9.93. The number of carbonyl (C=O) groups is 3. The zero-order chi connectivity index (χ0) is 25.5. The Kier molecular flexibility index (Phi) is 10.4. The van der Waals surface area contributed by atoms with Crippen LogP contribution in [0.25, 0.3) is 0 Å². The summed E-state index contributed by atoms with van der Waals surface area (Å²) in [7, 11) is -3.89. The number of hydrogen-bond acceptors (Lipinski definition) is 6. The van der Waals surface area contributed by atoms with Crippen LogP contribution < -0.4 is 10.0 Å². The Balaban J connectivity index is 2.05. The molecule has 1 aliphatic heterocycles. The smallest absolute Gasteiger partial charge is 0.327 e. The number of carboxylic acids is 1. The summed E-state index contributed by atoms with van der Waals surface area (Å²) in [6.07, 6.45) is 3.16. The molecule has 2 rings (SSSR count). The van der Waals surface area contributed by atoms with Gasteiger partial charge < -0.3 is 15.3 Å². The number of amides is 2. The van der Waals surface area contributed by atoms with Gasteiger partial charge in [0.1, 0.15) is 12.1 Å². The van der Waals surface area contributed by atoms with Crippen LogP contribution in [0.4, 0.5) is 0 Å². The van der Waals surface area contributed by atoms with Gasteiger partial charge >= 0.3 is 5.97 Å². The second-order valence-corrected chi connectivity index (χ2v) is 11.4. The highest BCUT2D eigenvalue weighted by Gasteiger charge is 2.36. The number of aliphatic carboxylic acids is 1. The van der Waals surface area contributed by atoms with E-state index in [-0.39, 0.29) is 34.3 Å². The molecule has 1 aromatic rings. The molecular formula is C23H35N3O6S2. The molecule has 0 aliphatic carbocycles. The molecule has 0 saturated carbocycles. The summed E-state index contributed by atoms with van der Waals surface area (Å²) in [4.78, 5) is 38.9. The monoisotopic (exact) mass is 513 g/mol. The van der Waals surface area contributed by atoms with Gasteiger partial charge in [0.2, 0.25) is 21.8 Å². The lowest BCUT2D eigenvalue weighted by Crippen LogP contribution is -2.54. The largest absolute Gasteiger partial charge is 0.480 e. The van der Waals surface area contributed by atoms with Gasteiger partial charge in [-0.25, -0.2) is 13.2 Å². The van der Waals surface area contributed by atoms with Gasteiger partial charge in [-0.3, -0.25) is 9.59 Å². The third-order valence-electron chi connectivity index (χ3n) is 6.22. The Labute approximate surface area is 206 Å². The number of aryl methyl sites for hydroxylation is 1. The van der Waals surface area contributed by atoms with E-state index in [9.17, 15) is 27.9 Å². The van der Waals surface area contributed by atoms with Gasteiger partial charge in [0.05, 0.1) is 4.90 Å². The first-order valence-corrected chi connectivity index (χ1v) is 14.3. The van der Waals surface area contributed by atoms with Crippen molar-refractivity contribution in [2.45, 2.75) is 57.0 Å². The molecule has 0 bridgehead atoms. The quantitative estimate of drug-likeness (QED) is 0.411. The van der Waals surface area contributed by atoms with Gasteiger partial charge in [-0.2, -0.15) is 16.5 Å². The van der Waals surface area contributed by atoms with E-state index in [2.05, 4.69) is 10.0 Å². The molecule has 3 N–H and O–H groups in total. The Morgan fingerprint density at radius 3 is 2.26 bits per heavy atom.